The van der Waals surface area contributed by atoms with Crippen molar-refractivity contribution >= 4 is 27.5 Å². The molecule has 0 saturated carbocycles. The monoisotopic (exact) mass is 330 g/mol. The van der Waals surface area contributed by atoms with Crippen LogP contribution in [-0.2, 0) is 9.53 Å². The van der Waals surface area contributed by atoms with Crippen LogP contribution in [0.3, 0.4) is 0 Å². The lowest BCUT2D eigenvalue weighted by atomic mass is 10.2. The Morgan fingerprint density at radius 1 is 1.47 bits per heavy atom. The van der Waals surface area contributed by atoms with E-state index >= 15 is 0 Å². The second-order valence-corrected chi connectivity index (χ2v) is 5.28. The molecule has 0 aliphatic carbocycles. The van der Waals surface area contributed by atoms with Crippen LogP contribution in [0.5, 0.6) is 0 Å². The summed E-state index contributed by atoms with van der Waals surface area (Å²) in [5.74, 6) is -0.288. The molecule has 1 aliphatic heterocycles. The molecular weight excluding hydrogens is 315 g/mol. The van der Waals surface area contributed by atoms with E-state index < -0.39 is 0 Å². The van der Waals surface area contributed by atoms with Gasteiger partial charge in [0.1, 0.15) is 11.9 Å². The van der Waals surface area contributed by atoms with Crippen molar-refractivity contribution in [3.05, 3.63) is 28.5 Å². The zero-order valence-electron chi connectivity index (χ0n) is 10.7. The number of nitrogens with zero attached hydrogens (tertiary/aromatic N) is 1. The summed E-state index contributed by atoms with van der Waals surface area (Å²) in [7, 11) is 0. The summed E-state index contributed by atoms with van der Waals surface area (Å²) in [4.78, 5) is 14.0. The van der Waals surface area contributed by atoms with Gasteiger partial charge in [-0.1, -0.05) is 0 Å². The molecule has 1 amide bonds. The number of amides is 1. The summed E-state index contributed by atoms with van der Waals surface area (Å²) in [6.07, 6.45) is 0. The Morgan fingerprint density at radius 3 is 2.79 bits per heavy atom. The van der Waals surface area contributed by atoms with Crippen LogP contribution < -0.4 is 5.32 Å². The van der Waals surface area contributed by atoms with Gasteiger partial charge in [0.2, 0.25) is 5.91 Å². The van der Waals surface area contributed by atoms with Crippen LogP contribution in [0.4, 0.5) is 10.1 Å². The summed E-state index contributed by atoms with van der Waals surface area (Å²) in [6, 6.07) is 3.98. The number of rotatable bonds is 3. The highest BCUT2D eigenvalue weighted by Crippen LogP contribution is 2.24. The van der Waals surface area contributed by atoms with E-state index in [-0.39, 0.29) is 17.8 Å². The number of anilines is 1. The standard InChI is InChI=1S/C13H16BrFN2O2/c1-9(13(18)17-4-6-19-7-5-17)16-12-3-2-10(15)8-11(12)14/h2-3,8-9,16H,4-7H2,1H3. The van der Waals surface area contributed by atoms with E-state index in [1.807, 2.05) is 0 Å². The lowest BCUT2D eigenvalue weighted by Crippen LogP contribution is -2.47. The Balaban J connectivity index is 1.99. The van der Waals surface area contributed by atoms with E-state index in [9.17, 15) is 9.18 Å². The molecule has 1 N–H and O–H groups in total. The lowest BCUT2D eigenvalue weighted by molar-refractivity contribution is -0.135. The van der Waals surface area contributed by atoms with Crippen molar-refractivity contribution in [2.45, 2.75) is 13.0 Å². The highest BCUT2D eigenvalue weighted by molar-refractivity contribution is 9.10. The smallest absolute Gasteiger partial charge is 0.244 e. The van der Waals surface area contributed by atoms with Crippen molar-refractivity contribution in [3.8, 4) is 0 Å². The van der Waals surface area contributed by atoms with Crippen molar-refractivity contribution in [2.75, 3.05) is 31.6 Å². The van der Waals surface area contributed by atoms with Gasteiger partial charge in [0.05, 0.1) is 13.2 Å². The van der Waals surface area contributed by atoms with Crippen LogP contribution in [-0.4, -0.2) is 43.2 Å². The normalized spacial score (nSPS) is 17.1. The minimum Gasteiger partial charge on any atom is -0.378 e. The summed E-state index contributed by atoms with van der Waals surface area (Å²) in [5, 5.41) is 3.09. The molecule has 6 heteroatoms. The fourth-order valence-electron chi connectivity index (χ4n) is 1.96. The first-order valence-electron chi connectivity index (χ1n) is 6.16. The number of hydrogen-bond donors (Lipinski definition) is 1. The van der Waals surface area contributed by atoms with E-state index in [2.05, 4.69) is 21.2 Å². The van der Waals surface area contributed by atoms with Crippen molar-refractivity contribution < 1.29 is 13.9 Å². The Morgan fingerprint density at radius 2 is 2.16 bits per heavy atom. The van der Waals surface area contributed by atoms with Gasteiger partial charge in [-0.3, -0.25) is 4.79 Å². The van der Waals surface area contributed by atoms with Gasteiger partial charge in [-0.15, -0.1) is 0 Å². The first-order valence-corrected chi connectivity index (χ1v) is 6.95. The quantitative estimate of drug-likeness (QED) is 0.924. The largest absolute Gasteiger partial charge is 0.378 e. The SMILES string of the molecule is CC(Nc1ccc(F)cc1Br)C(=O)N1CCOCC1. The molecule has 104 valence electrons. The fraction of sp³-hybridized carbons (Fsp3) is 0.462. The van der Waals surface area contributed by atoms with Gasteiger partial charge in [-0.05, 0) is 41.1 Å². The number of carbonyl (C=O) groups is 1. The van der Waals surface area contributed by atoms with Gasteiger partial charge in [-0.2, -0.15) is 0 Å². The fourth-order valence-corrected chi connectivity index (χ4v) is 2.42. The molecule has 1 atom stereocenters. The molecule has 2 rings (SSSR count). The average Bonchev–Trinajstić information content (AvgIpc) is 2.42. The predicted octanol–water partition coefficient (Wildman–Crippen LogP) is 2.25. The van der Waals surface area contributed by atoms with E-state index in [0.29, 0.717) is 36.5 Å². The Labute approximate surface area is 120 Å². The summed E-state index contributed by atoms with van der Waals surface area (Å²) >= 11 is 3.27. The molecule has 1 unspecified atom stereocenters. The first kappa shape index (κ1) is 14.3. The molecular formula is C13H16BrFN2O2. The van der Waals surface area contributed by atoms with Crippen molar-refractivity contribution in [1.29, 1.82) is 0 Å². The minimum absolute atomic E-state index is 0.0273. The number of ether oxygens (including phenoxy) is 1. The van der Waals surface area contributed by atoms with E-state index in [1.54, 1.807) is 17.9 Å². The molecule has 0 bridgehead atoms. The van der Waals surface area contributed by atoms with Crippen LogP contribution in [0.1, 0.15) is 6.92 Å². The van der Waals surface area contributed by atoms with Crippen molar-refractivity contribution in [2.24, 2.45) is 0 Å². The molecule has 1 fully saturated rings. The van der Waals surface area contributed by atoms with Gasteiger partial charge in [0.15, 0.2) is 0 Å². The maximum atomic E-state index is 13.0. The van der Waals surface area contributed by atoms with Gasteiger partial charge < -0.3 is 15.0 Å². The van der Waals surface area contributed by atoms with Crippen molar-refractivity contribution in [1.82, 2.24) is 4.90 Å². The molecule has 19 heavy (non-hydrogen) atoms. The average molecular weight is 331 g/mol. The summed E-state index contributed by atoms with van der Waals surface area (Å²) < 4.78 is 18.8. The Hall–Kier alpha value is -1.14. The molecule has 1 heterocycles. The maximum absolute atomic E-state index is 13.0. The topological polar surface area (TPSA) is 41.6 Å². The second kappa shape index (κ2) is 6.34. The van der Waals surface area contributed by atoms with Crippen LogP contribution in [0, 0.1) is 5.82 Å². The van der Waals surface area contributed by atoms with Gasteiger partial charge in [0.25, 0.3) is 0 Å². The Kier molecular flexibility index (Phi) is 4.76. The molecule has 4 nitrogen and oxygen atoms in total. The third kappa shape index (κ3) is 3.67. The summed E-state index contributed by atoms with van der Waals surface area (Å²) in [6.45, 7) is 4.20. The zero-order valence-corrected chi connectivity index (χ0v) is 12.2. The predicted molar refractivity (Wildman–Crippen MR) is 74.6 cm³/mol. The molecule has 0 spiro atoms. The highest BCUT2D eigenvalue weighted by Gasteiger charge is 2.22. The number of halogens is 2. The Bertz CT molecular complexity index is 464. The van der Waals surface area contributed by atoms with Crippen LogP contribution in [0.15, 0.2) is 22.7 Å². The molecule has 1 aliphatic rings. The minimum atomic E-state index is -0.361. The number of nitrogens with one attached hydrogen (secondary N) is 1. The molecule has 1 aromatic rings. The lowest BCUT2D eigenvalue weighted by Gasteiger charge is -2.29. The van der Waals surface area contributed by atoms with E-state index in [1.165, 1.54) is 12.1 Å². The molecule has 1 saturated heterocycles. The number of hydrogen-bond acceptors (Lipinski definition) is 3. The second-order valence-electron chi connectivity index (χ2n) is 4.43. The third-order valence-corrected chi connectivity index (χ3v) is 3.65. The van der Waals surface area contributed by atoms with Gasteiger partial charge >= 0.3 is 0 Å². The van der Waals surface area contributed by atoms with Crippen molar-refractivity contribution in [3.63, 3.8) is 0 Å². The first-order chi connectivity index (χ1) is 9.08. The maximum Gasteiger partial charge on any atom is 0.244 e. The van der Waals surface area contributed by atoms with E-state index in [0.717, 1.165) is 0 Å². The molecule has 1 aromatic carbocycles. The number of benzene rings is 1. The van der Waals surface area contributed by atoms with Crippen LogP contribution in [0.25, 0.3) is 0 Å². The number of carbonyl (C=O) groups excluding carboxylic acids is 1. The third-order valence-electron chi connectivity index (χ3n) is 3.00. The zero-order chi connectivity index (χ0) is 13.8. The molecule has 0 aromatic heterocycles. The summed E-state index contributed by atoms with van der Waals surface area (Å²) in [5.41, 5.74) is 0.704. The van der Waals surface area contributed by atoms with Gasteiger partial charge in [0, 0.05) is 23.2 Å². The van der Waals surface area contributed by atoms with E-state index in [4.69, 9.17) is 4.74 Å². The van der Waals surface area contributed by atoms with Crippen LogP contribution in [0.2, 0.25) is 0 Å². The van der Waals surface area contributed by atoms with Gasteiger partial charge in [-0.25, -0.2) is 4.39 Å². The van der Waals surface area contributed by atoms with Crippen LogP contribution >= 0.6 is 15.9 Å². The highest BCUT2D eigenvalue weighted by atomic mass is 79.9. The number of morpholine rings is 1. The molecule has 0 radical (unpaired) electrons.